The lowest BCUT2D eigenvalue weighted by molar-refractivity contribution is -0.117. The summed E-state index contributed by atoms with van der Waals surface area (Å²) in [6, 6.07) is 7.73. The zero-order chi connectivity index (χ0) is 27.1. The summed E-state index contributed by atoms with van der Waals surface area (Å²) in [5.41, 5.74) is 1.59. The summed E-state index contributed by atoms with van der Waals surface area (Å²) in [6.45, 7) is 2.41. The van der Waals surface area contributed by atoms with Crippen LogP contribution in [0.3, 0.4) is 0 Å². The summed E-state index contributed by atoms with van der Waals surface area (Å²) < 4.78 is 19.9. The highest BCUT2D eigenvalue weighted by Crippen LogP contribution is 2.36. The molecule has 0 saturated carbocycles. The average molecular weight is 597 g/mol. The van der Waals surface area contributed by atoms with Gasteiger partial charge in [0.2, 0.25) is 5.91 Å². The fraction of sp³-hybridized carbons (Fsp3) is 0.333. The molecule has 1 unspecified atom stereocenters. The first-order chi connectivity index (χ1) is 18.4. The summed E-state index contributed by atoms with van der Waals surface area (Å²) >= 11 is 13.5. The molecule has 1 aliphatic rings. The summed E-state index contributed by atoms with van der Waals surface area (Å²) in [4.78, 5) is 21.7. The molecule has 0 fully saturated rings. The normalized spacial score (nSPS) is 15.0. The van der Waals surface area contributed by atoms with Gasteiger partial charge < -0.3 is 20.5 Å². The van der Waals surface area contributed by atoms with Crippen molar-refractivity contribution in [3.8, 4) is 5.75 Å². The van der Waals surface area contributed by atoms with Gasteiger partial charge in [-0.1, -0.05) is 35.1 Å². The highest BCUT2D eigenvalue weighted by atomic mass is 35.5. The molecule has 0 radical (unpaired) electrons. The van der Waals surface area contributed by atoms with Crippen molar-refractivity contribution < 1.29 is 19.0 Å². The highest BCUT2D eigenvalue weighted by Gasteiger charge is 2.26. The van der Waals surface area contributed by atoms with E-state index in [9.17, 15) is 9.18 Å². The second kappa shape index (κ2) is 13.6. The molecule has 0 aliphatic carbocycles. The number of fused-ring (bicyclic) bond motifs is 1. The number of aliphatic hydroxyl groups is 1. The number of hydrogen-bond acceptors (Lipinski definition) is 11. The Labute approximate surface area is 238 Å². The van der Waals surface area contributed by atoms with Crippen LogP contribution in [-0.2, 0) is 4.79 Å². The number of thiol groups is 1. The van der Waals surface area contributed by atoms with Crippen molar-refractivity contribution in [1.82, 2.24) is 15.0 Å². The van der Waals surface area contributed by atoms with Crippen LogP contribution in [0.25, 0.3) is 10.9 Å². The minimum absolute atomic E-state index is 0.00402. The molecule has 1 atom stereocenters. The predicted molar refractivity (Wildman–Crippen MR) is 157 cm³/mol. The summed E-state index contributed by atoms with van der Waals surface area (Å²) in [6.07, 6.45) is 3.03. The van der Waals surface area contributed by atoms with Crippen molar-refractivity contribution in [1.29, 1.82) is 0 Å². The molecular formula is C24H26ClFN6O3S3. The van der Waals surface area contributed by atoms with Crippen LogP contribution in [0, 0.1) is 5.82 Å². The predicted octanol–water partition coefficient (Wildman–Crippen LogP) is 5.54. The van der Waals surface area contributed by atoms with Gasteiger partial charge in [0, 0.05) is 29.5 Å². The molecule has 14 heteroatoms. The van der Waals surface area contributed by atoms with Gasteiger partial charge >= 0.3 is 0 Å². The largest absolute Gasteiger partial charge is 0.492 e. The van der Waals surface area contributed by atoms with Gasteiger partial charge in [0.15, 0.2) is 4.38 Å². The van der Waals surface area contributed by atoms with Crippen molar-refractivity contribution >= 4 is 86.1 Å². The van der Waals surface area contributed by atoms with Crippen molar-refractivity contribution in [3.63, 3.8) is 0 Å². The SMILES string of the molecule is CCOc1cc2ncnc(Nc3ccc(F)c(Cl)c3)c2cc1NC(=O)CN1N=C(SCCCCO)SC1S. The van der Waals surface area contributed by atoms with Crippen LogP contribution >= 0.6 is 47.8 Å². The Bertz CT molecular complexity index is 1340. The number of ether oxygens (including phenoxy) is 1. The molecule has 4 rings (SSSR count). The Kier molecular flexibility index (Phi) is 10.2. The maximum absolute atomic E-state index is 13.6. The summed E-state index contributed by atoms with van der Waals surface area (Å²) in [5, 5.41) is 21.7. The molecule has 0 saturated heterocycles. The Balaban J connectivity index is 1.52. The number of carbonyl (C=O) groups is 1. The third-order valence-corrected chi connectivity index (χ3v) is 8.32. The number of thioether (sulfide) groups is 2. The maximum atomic E-state index is 13.6. The van der Waals surface area contributed by atoms with Crippen molar-refractivity contribution in [2.45, 2.75) is 24.5 Å². The van der Waals surface area contributed by atoms with Crippen LogP contribution in [0.5, 0.6) is 5.75 Å². The quantitative estimate of drug-likeness (QED) is 0.167. The molecule has 1 aromatic heterocycles. The minimum atomic E-state index is -0.521. The van der Waals surface area contributed by atoms with E-state index < -0.39 is 5.82 Å². The van der Waals surface area contributed by atoms with Gasteiger partial charge in [-0.15, -0.1) is 12.6 Å². The molecule has 0 bridgehead atoms. The molecule has 38 heavy (non-hydrogen) atoms. The van der Waals surface area contributed by atoms with E-state index in [1.165, 1.54) is 30.2 Å². The monoisotopic (exact) mass is 596 g/mol. The van der Waals surface area contributed by atoms with Crippen molar-refractivity contribution in [3.05, 3.63) is 47.5 Å². The number of nitrogens with one attached hydrogen (secondary N) is 2. The first kappa shape index (κ1) is 28.6. The molecule has 3 N–H and O–H groups in total. The molecule has 3 aromatic rings. The number of hydrazone groups is 1. The van der Waals surface area contributed by atoms with Crippen LogP contribution in [0.1, 0.15) is 19.8 Å². The number of aromatic nitrogens is 2. The first-order valence-corrected chi connectivity index (χ1v) is 14.5. The molecule has 2 aromatic carbocycles. The van der Waals surface area contributed by atoms with E-state index in [-0.39, 0.29) is 28.8 Å². The molecule has 1 aliphatic heterocycles. The zero-order valence-corrected chi connectivity index (χ0v) is 23.6. The van der Waals surface area contributed by atoms with Gasteiger partial charge in [-0.3, -0.25) is 9.80 Å². The molecular weight excluding hydrogens is 571 g/mol. The average Bonchev–Trinajstić information content (AvgIpc) is 3.23. The number of carbonyl (C=O) groups excluding carboxylic acids is 1. The molecule has 0 spiro atoms. The van der Waals surface area contributed by atoms with Gasteiger partial charge in [-0.2, -0.15) is 5.10 Å². The number of aliphatic hydroxyl groups excluding tert-OH is 1. The number of rotatable bonds is 11. The molecule has 2 heterocycles. The number of benzene rings is 2. The van der Waals surface area contributed by atoms with Crippen molar-refractivity contribution in [2.24, 2.45) is 5.10 Å². The van der Waals surface area contributed by atoms with E-state index in [4.69, 9.17) is 21.4 Å². The molecule has 202 valence electrons. The summed E-state index contributed by atoms with van der Waals surface area (Å²) in [7, 11) is 0. The fourth-order valence-corrected chi connectivity index (χ4v) is 6.37. The number of amides is 1. The lowest BCUT2D eigenvalue weighted by Crippen LogP contribution is -2.31. The zero-order valence-electron chi connectivity index (χ0n) is 20.4. The Hall–Kier alpha value is -2.45. The molecule has 9 nitrogen and oxygen atoms in total. The van der Waals surface area contributed by atoms with Crippen LogP contribution in [0.2, 0.25) is 5.02 Å². The summed E-state index contributed by atoms with van der Waals surface area (Å²) in [5.74, 6) is 0.939. The third kappa shape index (κ3) is 7.35. The Morgan fingerprint density at radius 1 is 1.32 bits per heavy atom. The highest BCUT2D eigenvalue weighted by molar-refractivity contribution is 8.41. The maximum Gasteiger partial charge on any atom is 0.245 e. The first-order valence-electron chi connectivity index (χ1n) is 11.7. The second-order valence-electron chi connectivity index (χ2n) is 8.01. The number of anilines is 3. The fourth-order valence-electron chi connectivity index (χ4n) is 3.48. The van der Waals surface area contributed by atoms with E-state index >= 15 is 0 Å². The second-order valence-corrected chi connectivity index (χ2v) is 11.7. The van der Waals surface area contributed by atoms with Crippen LogP contribution in [-0.4, -0.2) is 60.6 Å². The van der Waals surface area contributed by atoms with Gasteiger partial charge in [0.1, 0.15) is 35.0 Å². The van der Waals surface area contributed by atoms with Gasteiger partial charge in [0.05, 0.1) is 22.8 Å². The lowest BCUT2D eigenvalue weighted by Gasteiger charge is -2.19. The number of hydrogen-bond donors (Lipinski definition) is 4. The van der Waals surface area contributed by atoms with Crippen LogP contribution < -0.4 is 15.4 Å². The number of unbranched alkanes of at least 4 members (excludes halogenated alkanes) is 1. The van der Waals surface area contributed by atoms with E-state index in [2.05, 4.69) is 38.3 Å². The Morgan fingerprint density at radius 3 is 2.92 bits per heavy atom. The van der Waals surface area contributed by atoms with E-state index in [1.54, 1.807) is 35.0 Å². The van der Waals surface area contributed by atoms with E-state index in [0.29, 0.717) is 40.5 Å². The number of nitrogens with zero attached hydrogens (tertiary/aromatic N) is 4. The molecule has 1 amide bonds. The minimum Gasteiger partial charge on any atom is -0.492 e. The standard InChI is InChI=1S/C24H26ClFN6O3S3/c1-2-35-20-11-18-15(22(28-13-27-18)29-14-5-6-17(26)16(25)9-14)10-19(20)30-21(34)12-32-24(36)38-23(31-32)37-8-4-3-7-33/h5-6,9-11,13,24,33,36H,2-4,7-8,12H2,1H3,(H,30,34)(H,27,28,29). The topological polar surface area (TPSA) is 112 Å². The van der Waals surface area contributed by atoms with Gasteiger partial charge in [-0.25, -0.2) is 14.4 Å². The van der Waals surface area contributed by atoms with Gasteiger partial charge in [-0.05, 0) is 44.0 Å². The number of halogens is 2. The van der Waals surface area contributed by atoms with Crippen LogP contribution in [0.15, 0.2) is 41.8 Å². The smallest absolute Gasteiger partial charge is 0.245 e. The Morgan fingerprint density at radius 2 is 2.16 bits per heavy atom. The lowest BCUT2D eigenvalue weighted by atomic mass is 10.1. The van der Waals surface area contributed by atoms with Crippen molar-refractivity contribution in [2.75, 3.05) is 36.1 Å². The van der Waals surface area contributed by atoms with Crippen LogP contribution in [0.4, 0.5) is 21.6 Å². The van der Waals surface area contributed by atoms with E-state index in [0.717, 1.165) is 23.0 Å². The van der Waals surface area contributed by atoms with Gasteiger partial charge in [0.25, 0.3) is 0 Å². The third-order valence-electron chi connectivity index (χ3n) is 5.25. The van der Waals surface area contributed by atoms with E-state index in [1.807, 2.05) is 6.92 Å².